The zero-order valence-corrected chi connectivity index (χ0v) is 11.4. The number of carbonyl (C=O) groups excluding carboxylic acids is 1. The molecule has 0 bridgehead atoms. The Kier molecular flexibility index (Phi) is 7.25. The van der Waals surface area contributed by atoms with Gasteiger partial charge in [0.15, 0.2) is 0 Å². The molecule has 0 spiro atoms. The lowest BCUT2D eigenvalue weighted by Crippen LogP contribution is -2.38. The maximum atomic E-state index is 11.5. The molecule has 2 atom stereocenters. The highest BCUT2D eigenvalue weighted by Gasteiger charge is 2.20. The number of carbonyl (C=O) groups is 1. The maximum absolute atomic E-state index is 11.5. The van der Waals surface area contributed by atoms with E-state index < -0.39 is 0 Å². The Morgan fingerprint density at radius 3 is 2.76 bits per heavy atom. The molecule has 2 N–H and O–H groups in total. The van der Waals surface area contributed by atoms with Crippen molar-refractivity contribution in [2.75, 3.05) is 19.6 Å². The van der Waals surface area contributed by atoms with E-state index in [9.17, 15) is 4.79 Å². The van der Waals surface area contributed by atoms with Crippen LogP contribution >= 0.6 is 0 Å². The molecule has 3 nitrogen and oxygen atoms in total. The number of nitrogens with one attached hydrogen (secondary N) is 2. The molecule has 2 unspecified atom stereocenters. The van der Waals surface area contributed by atoms with Gasteiger partial charge in [-0.3, -0.25) is 4.79 Å². The van der Waals surface area contributed by atoms with Gasteiger partial charge in [0.1, 0.15) is 0 Å². The number of rotatable bonds is 7. The van der Waals surface area contributed by atoms with Gasteiger partial charge >= 0.3 is 0 Å². The van der Waals surface area contributed by atoms with Gasteiger partial charge in [0.2, 0.25) is 5.91 Å². The van der Waals surface area contributed by atoms with E-state index in [1.54, 1.807) is 0 Å². The Bertz CT molecular complexity index is 218. The largest absolute Gasteiger partial charge is 0.355 e. The molecule has 17 heavy (non-hydrogen) atoms. The van der Waals surface area contributed by atoms with Gasteiger partial charge in [-0.05, 0) is 31.2 Å². The first kappa shape index (κ1) is 14.5. The van der Waals surface area contributed by atoms with Gasteiger partial charge in [-0.15, -0.1) is 0 Å². The Morgan fingerprint density at radius 2 is 2.06 bits per heavy atom. The molecular weight excluding hydrogens is 212 g/mol. The van der Waals surface area contributed by atoms with Gasteiger partial charge in [-0.1, -0.05) is 39.5 Å². The van der Waals surface area contributed by atoms with Crippen molar-refractivity contribution < 1.29 is 4.79 Å². The van der Waals surface area contributed by atoms with Crippen LogP contribution in [-0.4, -0.2) is 25.5 Å². The van der Waals surface area contributed by atoms with Crippen molar-refractivity contribution in [2.24, 2.45) is 11.8 Å². The zero-order chi connectivity index (χ0) is 12.5. The lowest BCUT2D eigenvalue weighted by molar-refractivity contribution is -0.120. The summed E-state index contributed by atoms with van der Waals surface area (Å²) in [5, 5.41) is 6.23. The summed E-state index contributed by atoms with van der Waals surface area (Å²) >= 11 is 0. The molecule has 1 aliphatic rings. The highest BCUT2D eigenvalue weighted by Crippen LogP contribution is 2.28. The first-order valence-corrected chi connectivity index (χ1v) is 7.21. The molecule has 0 aromatic rings. The van der Waals surface area contributed by atoms with Crippen LogP contribution in [0.1, 0.15) is 52.4 Å². The zero-order valence-electron chi connectivity index (χ0n) is 11.4. The first-order valence-electron chi connectivity index (χ1n) is 7.21. The van der Waals surface area contributed by atoms with Gasteiger partial charge < -0.3 is 10.6 Å². The summed E-state index contributed by atoms with van der Waals surface area (Å²) in [6.07, 6.45) is 7.63. The van der Waals surface area contributed by atoms with Crippen molar-refractivity contribution in [3.8, 4) is 0 Å². The number of hydrogen-bond acceptors (Lipinski definition) is 2. The Hall–Kier alpha value is -0.570. The molecule has 0 aliphatic heterocycles. The van der Waals surface area contributed by atoms with Crippen molar-refractivity contribution >= 4 is 5.91 Å². The summed E-state index contributed by atoms with van der Waals surface area (Å²) in [5.74, 6) is 1.73. The third-order valence-electron chi connectivity index (χ3n) is 3.83. The standard InChI is InChI=1S/C14H28N2O/c1-3-4-9-16-14(17)11-15-10-13-8-6-5-7-12(13)2/h12-13,15H,3-11H2,1-2H3,(H,16,17). The summed E-state index contributed by atoms with van der Waals surface area (Å²) in [6, 6.07) is 0. The normalized spacial score (nSPS) is 24.6. The number of amides is 1. The topological polar surface area (TPSA) is 41.1 Å². The monoisotopic (exact) mass is 240 g/mol. The summed E-state index contributed by atoms with van der Waals surface area (Å²) in [6.45, 7) is 6.77. The molecule has 100 valence electrons. The van der Waals surface area contributed by atoms with Gasteiger partial charge in [0, 0.05) is 6.54 Å². The second-order valence-electron chi connectivity index (χ2n) is 5.36. The van der Waals surface area contributed by atoms with Crippen LogP contribution in [0.25, 0.3) is 0 Å². The van der Waals surface area contributed by atoms with Crippen LogP contribution in [0.2, 0.25) is 0 Å². The Balaban J connectivity index is 2.04. The molecule has 0 aromatic heterocycles. The van der Waals surface area contributed by atoms with E-state index in [-0.39, 0.29) is 5.91 Å². The van der Waals surface area contributed by atoms with Crippen LogP contribution in [0, 0.1) is 11.8 Å². The fourth-order valence-electron chi connectivity index (χ4n) is 2.53. The van der Waals surface area contributed by atoms with Crippen molar-refractivity contribution in [1.29, 1.82) is 0 Å². The molecular formula is C14H28N2O. The highest BCUT2D eigenvalue weighted by atomic mass is 16.1. The predicted molar refractivity (Wildman–Crippen MR) is 71.9 cm³/mol. The molecule has 3 heteroatoms. The number of unbranched alkanes of at least 4 members (excludes halogenated alkanes) is 1. The van der Waals surface area contributed by atoms with Crippen LogP contribution in [0.4, 0.5) is 0 Å². The number of hydrogen-bond donors (Lipinski definition) is 2. The minimum atomic E-state index is 0.141. The predicted octanol–water partition coefficient (Wildman–Crippen LogP) is 2.32. The Labute approximate surface area is 106 Å². The average Bonchev–Trinajstić information content (AvgIpc) is 2.32. The summed E-state index contributed by atoms with van der Waals surface area (Å²) in [7, 11) is 0. The summed E-state index contributed by atoms with van der Waals surface area (Å²) < 4.78 is 0. The molecule has 0 radical (unpaired) electrons. The van der Waals surface area contributed by atoms with Crippen molar-refractivity contribution in [2.45, 2.75) is 52.4 Å². The van der Waals surface area contributed by atoms with E-state index in [2.05, 4.69) is 24.5 Å². The van der Waals surface area contributed by atoms with E-state index in [4.69, 9.17) is 0 Å². The fraction of sp³-hybridized carbons (Fsp3) is 0.929. The molecule has 0 heterocycles. The van der Waals surface area contributed by atoms with E-state index in [1.165, 1.54) is 25.7 Å². The fourth-order valence-corrected chi connectivity index (χ4v) is 2.53. The molecule has 1 amide bonds. The van der Waals surface area contributed by atoms with Crippen LogP contribution in [0.5, 0.6) is 0 Å². The SMILES string of the molecule is CCCCNC(=O)CNCC1CCCCC1C. The molecule has 1 saturated carbocycles. The van der Waals surface area contributed by atoms with Crippen LogP contribution < -0.4 is 10.6 Å². The van der Waals surface area contributed by atoms with Gasteiger partial charge in [-0.25, -0.2) is 0 Å². The molecule has 1 rings (SSSR count). The van der Waals surface area contributed by atoms with Gasteiger partial charge in [0.05, 0.1) is 6.54 Å². The van der Waals surface area contributed by atoms with E-state index in [0.29, 0.717) is 6.54 Å². The van der Waals surface area contributed by atoms with Crippen LogP contribution in [-0.2, 0) is 4.79 Å². The van der Waals surface area contributed by atoms with Crippen molar-refractivity contribution in [3.63, 3.8) is 0 Å². The van der Waals surface area contributed by atoms with Gasteiger partial charge in [-0.2, -0.15) is 0 Å². The average molecular weight is 240 g/mol. The second kappa shape index (κ2) is 8.51. The van der Waals surface area contributed by atoms with E-state index in [0.717, 1.165) is 37.8 Å². The highest BCUT2D eigenvalue weighted by molar-refractivity contribution is 5.77. The third-order valence-corrected chi connectivity index (χ3v) is 3.83. The summed E-state index contributed by atoms with van der Waals surface area (Å²) in [4.78, 5) is 11.5. The lowest BCUT2D eigenvalue weighted by atomic mass is 9.80. The minimum absolute atomic E-state index is 0.141. The van der Waals surface area contributed by atoms with Crippen LogP contribution in [0.15, 0.2) is 0 Å². The third kappa shape index (κ3) is 6.06. The van der Waals surface area contributed by atoms with Crippen LogP contribution in [0.3, 0.4) is 0 Å². The lowest BCUT2D eigenvalue weighted by Gasteiger charge is -2.28. The first-order chi connectivity index (χ1) is 8.24. The minimum Gasteiger partial charge on any atom is -0.355 e. The second-order valence-corrected chi connectivity index (χ2v) is 5.36. The molecule has 0 saturated heterocycles. The van der Waals surface area contributed by atoms with Crippen molar-refractivity contribution in [1.82, 2.24) is 10.6 Å². The molecule has 1 aliphatic carbocycles. The molecule has 0 aromatic carbocycles. The van der Waals surface area contributed by atoms with E-state index in [1.807, 2.05) is 0 Å². The van der Waals surface area contributed by atoms with Gasteiger partial charge in [0.25, 0.3) is 0 Å². The van der Waals surface area contributed by atoms with E-state index >= 15 is 0 Å². The quantitative estimate of drug-likeness (QED) is 0.671. The van der Waals surface area contributed by atoms with Crippen molar-refractivity contribution in [3.05, 3.63) is 0 Å². The Morgan fingerprint density at radius 1 is 1.29 bits per heavy atom. The smallest absolute Gasteiger partial charge is 0.233 e. The maximum Gasteiger partial charge on any atom is 0.233 e. The molecule has 1 fully saturated rings. The summed E-state index contributed by atoms with van der Waals surface area (Å²) in [5.41, 5.74) is 0.